The molecule has 0 bridgehead atoms. The minimum atomic E-state index is 0.541. The first-order chi connectivity index (χ1) is 26.7. The highest BCUT2D eigenvalue weighted by Crippen LogP contribution is 2.41. The molecule has 0 fully saturated rings. The quantitative estimate of drug-likeness (QED) is 0.180. The Hall–Kier alpha value is -7.37. The van der Waals surface area contributed by atoms with Crippen LogP contribution < -0.4 is 0 Å². The van der Waals surface area contributed by atoms with Gasteiger partial charge in [-0.05, 0) is 70.1 Å². The molecule has 0 aliphatic rings. The summed E-state index contributed by atoms with van der Waals surface area (Å²) in [4.78, 5) is 15.5. The summed E-state index contributed by atoms with van der Waals surface area (Å²) in [7, 11) is 0. The summed E-state index contributed by atoms with van der Waals surface area (Å²) in [6.45, 7) is 0. The van der Waals surface area contributed by atoms with E-state index in [1.54, 1.807) is 0 Å². The van der Waals surface area contributed by atoms with E-state index in [4.69, 9.17) is 23.8 Å². The number of hydrogen-bond acceptors (Lipinski definition) is 5. The summed E-state index contributed by atoms with van der Waals surface area (Å²) < 4.78 is 13.1. The van der Waals surface area contributed by atoms with E-state index in [0.29, 0.717) is 17.5 Å². The Balaban J connectivity index is 1.14. The van der Waals surface area contributed by atoms with Gasteiger partial charge in [0.25, 0.3) is 0 Å². The third-order valence-corrected chi connectivity index (χ3v) is 10.3. The lowest BCUT2D eigenvalue weighted by Gasteiger charge is -2.10. The van der Waals surface area contributed by atoms with E-state index in [1.807, 2.05) is 54.6 Å². The fourth-order valence-corrected chi connectivity index (χ4v) is 7.74. The molecule has 5 heteroatoms. The smallest absolute Gasteiger partial charge is 0.167 e. The molecule has 11 aromatic rings. The van der Waals surface area contributed by atoms with Gasteiger partial charge in [-0.1, -0.05) is 133 Å². The summed E-state index contributed by atoms with van der Waals surface area (Å²) in [5.74, 6) is 1.68. The van der Waals surface area contributed by atoms with Crippen molar-refractivity contribution in [1.82, 2.24) is 15.0 Å². The molecule has 3 aromatic heterocycles. The van der Waals surface area contributed by atoms with Crippen LogP contribution in [0.5, 0.6) is 0 Å². The Bertz CT molecular complexity index is 3220. The number of para-hydroxylation sites is 2. The number of rotatable bonds is 5. The van der Waals surface area contributed by atoms with Crippen molar-refractivity contribution in [1.29, 1.82) is 0 Å². The highest BCUT2D eigenvalue weighted by Gasteiger charge is 2.20. The van der Waals surface area contributed by atoms with E-state index < -0.39 is 0 Å². The summed E-state index contributed by atoms with van der Waals surface area (Å²) in [6, 6.07) is 60.4. The minimum absolute atomic E-state index is 0.541. The average molecular weight is 692 g/mol. The van der Waals surface area contributed by atoms with Crippen LogP contribution in [0, 0.1) is 0 Å². The van der Waals surface area contributed by atoms with Crippen molar-refractivity contribution in [2.24, 2.45) is 0 Å². The molecular formula is C49H29N3O2. The molecule has 252 valence electrons. The fraction of sp³-hybridized carbons (Fsp3) is 0. The van der Waals surface area contributed by atoms with Gasteiger partial charge < -0.3 is 8.83 Å². The van der Waals surface area contributed by atoms with Crippen molar-refractivity contribution in [2.75, 3.05) is 0 Å². The lowest BCUT2D eigenvalue weighted by Crippen LogP contribution is -2.00. The van der Waals surface area contributed by atoms with Gasteiger partial charge in [0.1, 0.15) is 22.3 Å². The van der Waals surface area contributed by atoms with Crippen LogP contribution in [-0.4, -0.2) is 15.0 Å². The number of aromatic nitrogens is 3. The second kappa shape index (κ2) is 12.1. The maximum atomic E-state index is 6.60. The Morgan fingerprint density at radius 1 is 0.278 bits per heavy atom. The maximum Gasteiger partial charge on any atom is 0.167 e. The lowest BCUT2D eigenvalue weighted by atomic mass is 9.95. The molecule has 0 spiro atoms. The number of fused-ring (bicyclic) bond motifs is 8. The fourth-order valence-electron chi connectivity index (χ4n) is 7.74. The number of hydrogen-bond donors (Lipinski definition) is 0. The number of furan rings is 2. The van der Waals surface area contributed by atoms with Crippen molar-refractivity contribution in [2.45, 2.75) is 0 Å². The zero-order valence-corrected chi connectivity index (χ0v) is 28.9. The molecule has 5 nitrogen and oxygen atoms in total. The van der Waals surface area contributed by atoms with Crippen LogP contribution in [0.15, 0.2) is 185 Å². The van der Waals surface area contributed by atoms with E-state index in [1.165, 1.54) is 0 Å². The topological polar surface area (TPSA) is 65.0 Å². The molecule has 3 heterocycles. The molecule has 0 unspecified atom stereocenters. The van der Waals surface area contributed by atoms with Gasteiger partial charge in [0, 0.05) is 38.1 Å². The third kappa shape index (κ3) is 4.90. The molecule has 0 aliphatic carbocycles. The Kier molecular flexibility index (Phi) is 6.79. The van der Waals surface area contributed by atoms with E-state index in [2.05, 4.69) is 121 Å². The zero-order chi connectivity index (χ0) is 35.6. The van der Waals surface area contributed by atoms with Crippen molar-refractivity contribution in [3.05, 3.63) is 176 Å². The summed E-state index contributed by atoms with van der Waals surface area (Å²) >= 11 is 0. The molecule has 0 saturated heterocycles. The Morgan fingerprint density at radius 2 is 0.833 bits per heavy atom. The van der Waals surface area contributed by atoms with Crippen LogP contribution in [0.3, 0.4) is 0 Å². The molecule has 0 aliphatic heterocycles. The normalized spacial score (nSPS) is 11.7. The minimum Gasteiger partial charge on any atom is -0.455 e. The van der Waals surface area contributed by atoms with Crippen molar-refractivity contribution in [3.63, 3.8) is 0 Å². The molecular weight excluding hydrogens is 663 g/mol. The van der Waals surface area contributed by atoms with Gasteiger partial charge in [0.05, 0.1) is 5.56 Å². The van der Waals surface area contributed by atoms with E-state index in [-0.39, 0.29) is 0 Å². The molecule has 0 N–H and O–H groups in total. The van der Waals surface area contributed by atoms with E-state index in [0.717, 1.165) is 93.6 Å². The summed E-state index contributed by atoms with van der Waals surface area (Å²) in [5.41, 5.74) is 10.3. The summed E-state index contributed by atoms with van der Waals surface area (Å²) in [6.07, 6.45) is 0. The number of benzene rings is 8. The van der Waals surface area contributed by atoms with E-state index >= 15 is 0 Å². The molecule has 8 aromatic carbocycles. The van der Waals surface area contributed by atoms with Crippen LogP contribution in [0.25, 0.3) is 111 Å². The van der Waals surface area contributed by atoms with Crippen LogP contribution in [0.1, 0.15) is 0 Å². The molecule has 0 amide bonds. The molecule has 54 heavy (non-hydrogen) atoms. The average Bonchev–Trinajstić information content (AvgIpc) is 3.82. The molecule has 0 saturated carbocycles. The van der Waals surface area contributed by atoms with Gasteiger partial charge in [0.15, 0.2) is 17.5 Å². The largest absolute Gasteiger partial charge is 0.455 e. The highest BCUT2D eigenvalue weighted by atomic mass is 16.3. The lowest BCUT2D eigenvalue weighted by molar-refractivity contribution is 0.669. The Labute approximate surface area is 309 Å². The third-order valence-electron chi connectivity index (χ3n) is 10.3. The monoisotopic (exact) mass is 691 g/mol. The van der Waals surface area contributed by atoms with E-state index in [9.17, 15) is 0 Å². The van der Waals surface area contributed by atoms with Gasteiger partial charge in [-0.25, -0.2) is 15.0 Å². The molecule has 0 atom stereocenters. The van der Waals surface area contributed by atoms with Crippen LogP contribution in [0.4, 0.5) is 0 Å². The standard InChI is InChI=1S/C49H29N3O2/c1-3-13-30(14-4-1)32-17-11-18-33(27-32)47-50-48(52-49(51-47)39-23-12-22-38-36-20-9-10-24-43(36)53-45(38)39)34-25-26-44-41(28-34)42-29-40(31-15-5-2-6-16-31)35-19-7-8-21-37(35)46(42)54-44/h1-29H. The van der Waals surface area contributed by atoms with Crippen LogP contribution in [0.2, 0.25) is 0 Å². The molecule has 11 rings (SSSR count). The van der Waals surface area contributed by atoms with Crippen molar-refractivity contribution >= 4 is 54.6 Å². The second-order valence-electron chi connectivity index (χ2n) is 13.6. The van der Waals surface area contributed by atoms with Crippen LogP contribution in [-0.2, 0) is 0 Å². The first-order valence-electron chi connectivity index (χ1n) is 18.0. The summed E-state index contributed by atoms with van der Waals surface area (Å²) in [5, 5.41) is 6.35. The number of nitrogens with zero attached hydrogens (tertiary/aromatic N) is 3. The predicted octanol–water partition coefficient (Wildman–Crippen LogP) is 13.2. The Morgan fingerprint density at radius 3 is 1.65 bits per heavy atom. The van der Waals surface area contributed by atoms with Gasteiger partial charge in [-0.3, -0.25) is 0 Å². The van der Waals surface area contributed by atoms with Gasteiger partial charge >= 0.3 is 0 Å². The SMILES string of the molecule is c1ccc(-c2cccc(-c3nc(-c4ccc5oc6c7ccccc7c(-c7ccccc7)cc6c5c4)nc(-c4cccc5c4oc4ccccc45)n3)c2)cc1. The predicted molar refractivity (Wildman–Crippen MR) is 219 cm³/mol. The first kappa shape index (κ1) is 30.3. The van der Waals surface area contributed by atoms with Crippen LogP contribution >= 0.6 is 0 Å². The zero-order valence-electron chi connectivity index (χ0n) is 28.9. The van der Waals surface area contributed by atoms with Gasteiger partial charge in [-0.2, -0.15) is 0 Å². The van der Waals surface area contributed by atoms with Gasteiger partial charge in [0.2, 0.25) is 0 Å². The first-order valence-corrected chi connectivity index (χ1v) is 18.0. The maximum absolute atomic E-state index is 6.60. The second-order valence-corrected chi connectivity index (χ2v) is 13.6. The molecule has 0 radical (unpaired) electrons. The van der Waals surface area contributed by atoms with Crippen molar-refractivity contribution in [3.8, 4) is 56.4 Å². The highest BCUT2D eigenvalue weighted by molar-refractivity contribution is 6.19. The van der Waals surface area contributed by atoms with Crippen molar-refractivity contribution < 1.29 is 8.83 Å². The van der Waals surface area contributed by atoms with Gasteiger partial charge in [-0.15, -0.1) is 0 Å².